The summed E-state index contributed by atoms with van der Waals surface area (Å²) in [4.78, 5) is 0. The van der Waals surface area contributed by atoms with Crippen molar-refractivity contribution in [2.75, 3.05) is 6.54 Å². The van der Waals surface area contributed by atoms with Gasteiger partial charge in [-0.05, 0) is 25.0 Å². The lowest BCUT2D eigenvalue weighted by atomic mass is 9.92. The summed E-state index contributed by atoms with van der Waals surface area (Å²) in [6, 6.07) is 2.98. The van der Waals surface area contributed by atoms with Crippen LogP contribution in [0.1, 0.15) is 38.5 Å². The van der Waals surface area contributed by atoms with Crippen LogP contribution in [-0.4, -0.2) is 20.5 Å². The Balaban J connectivity index is 0.00000180. The van der Waals surface area contributed by atoms with E-state index >= 15 is 0 Å². The van der Waals surface area contributed by atoms with Gasteiger partial charge in [0, 0.05) is 12.1 Å². The number of rotatable bonds is 4. The van der Waals surface area contributed by atoms with Crippen LogP contribution in [0.2, 0.25) is 0 Å². The summed E-state index contributed by atoms with van der Waals surface area (Å²) < 4.78 is 31.3. The highest BCUT2D eigenvalue weighted by Gasteiger charge is 2.29. The van der Waals surface area contributed by atoms with Gasteiger partial charge in [0.15, 0.2) is 0 Å². The fourth-order valence-electron chi connectivity index (χ4n) is 2.34. The topological polar surface area (TPSA) is 85.3 Å². The predicted octanol–water partition coefficient (Wildman–Crippen LogP) is 2.03. The van der Waals surface area contributed by atoms with Crippen molar-refractivity contribution in [3.63, 3.8) is 0 Å². The predicted molar refractivity (Wildman–Crippen MR) is 75.8 cm³/mol. The molecular formula is C12H21ClN2O3S. The Morgan fingerprint density at radius 1 is 1.26 bits per heavy atom. The third-order valence-electron chi connectivity index (χ3n) is 3.47. The Kier molecular flexibility index (Phi) is 5.85. The van der Waals surface area contributed by atoms with E-state index in [1.54, 1.807) is 6.07 Å². The molecule has 5 nitrogen and oxygen atoms in total. The maximum atomic E-state index is 11.9. The van der Waals surface area contributed by atoms with Crippen LogP contribution in [0.5, 0.6) is 0 Å². The van der Waals surface area contributed by atoms with Crippen LogP contribution < -0.4 is 10.5 Å². The highest BCUT2D eigenvalue weighted by atomic mass is 35.5. The Morgan fingerprint density at radius 3 is 2.42 bits per heavy atom. The number of hydrogen-bond donors (Lipinski definition) is 2. The summed E-state index contributed by atoms with van der Waals surface area (Å²) in [6.45, 7) is 0.274. The Labute approximate surface area is 120 Å². The Morgan fingerprint density at radius 2 is 1.89 bits per heavy atom. The molecule has 110 valence electrons. The minimum absolute atomic E-state index is 0. The molecule has 0 amide bonds. The van der Waals surface area contributed by atoms with Crippen molar-refractivity contribution in [3.05, 3.63) is 18.4 Å². The molecule has 0 radical (unpaired) electrons. The monoisotopic (exact) mass is 308 g/mol. The molecule has 0 atom stereocenters. The molecule has 7 heteroatoms. The van der Waals surface area contributed by atoms with Gasteiger partial charge in [0.05, 0.1) is 6.26 Å². The molecule has 2 rings (SSSR count). The molecule has 1 aromatic heterocycles. The van der Waals surface area contributed by atoms with Gasteiger partial charge in [-0.3, -0.25) is 0 Å². The highest BCUT2D eigenvalue weighted by molar-refractivity contribution is 7.89. The summed E-state index contributed by atoms with van der Waals surface area (Å²) in [7, 11) is -3.56. The standard InChI is InChI=1S/C12H20N2O3S.ClH/c13-12(7-3-1-2-4-8-12)10-14-18(15,16)11-6-5-9-17-11;/h5-6,9,14H,1-4,7-8,10,13H2;1H. The fourth-order valence-corrected chi connectivity index (χ4v) is 3.40. The molecule has 0 unspecified atom stereocenters. The van der Waals surface area contributed by atoms with Gasteiger partial charge < -0.3 is 10.2 Å². The van der Waals surface area contributed by atoms with Crippen molar-refractivity contribution in [1.82, 2.24) is 4.72 Å². The SMILES string of the molecule is Cl.NC1(CNS(=O)(=O)c2ccco2)CCCCCC1. The van der Waals surface area contributed by atoms with E-state index < -0.39 is 15.6 Å². The van der Waals surface area contributed by atoms with Crippen molar-refractivity contribution in [2.24, 2.45) is 5.73 Å². The molecule has 1 aromatic rings. The molecule has 0 bridgehead atoms. The third kappa shape index (κ3) is 4.49. The van der Waals surface area contributed by atoms with Crippen molar-refractivity contribution in [2.45, 2.75) is 49.2 Å². The van der Waals surface area contributed by atoms with Gasteiger partial charge in [0.2, 0.25) is 5.09 Å². The fraction of sp³-hybridized carbons (Fsp3) is 0.667. The molecule has 1 saturated carbocycles. The Bertz CT molecular complexity index is 465. The van der Waals surface area contributed by atoms with Gasteiger partial charge in [-0.2, -0.15) is 0 Å². The minimum atomic E-state index is -3.56. The number of nitrogens with two attached hydrogens (primary N) is 1. The molecule has 0 aromatic carbocycles. The van der Waals surface area contributed by atoms with Crippen LogP contribution in [-0.2, 0) is 10.0 Å². The summed E-state index contributed by atoms with van der Waals surface area (Å²) in [5.74, 6) is 0. The molecule has 1 heterocycles. The number of halogens is 1. The molecular weight excluding hydrogens is 288 g/mol. The number of sulfonamides is 1. The lowest BCUT2D eigenvalue weighted by Crippen LogP contribution is -2.49. The van der Waals surface area contributed by atoms with Gasteiger partial charge in [-0.15, -0.1) is 12.4 Å². The van der Waals surface area contributed by atoms with E-state index in [-0.39, 0.29) is 24.0 Å². The van der Waals surface area contributed by atoms with Crippen LogP contribution in [0.4, 0.5) is 0 Å². The second kappa shape index (κ2) is 6.74. The maximum Gasteiger partial charge on any atom is 0.274 e. The molecule has 1 aliphatic carbocycles. The van der Waals surface area contributed by atoms with Crippen molar-refractivity contribution in [1.29, 1.82) is 0 Å². The molecule has 1 aliphatic rings. The smallest absolute Gasteiger partial charge is 0.274 e. The van der Waals surface area contributed by atoms with E-state index in [1.807, 2.05) is 0 Å². The second-order valence-electron chi connectivity index (χ2n) is 5.03. The van der Waals surface area contributed by atoms with Gasteiger partial charge in [-0.1, -0.05) is 25.7 Å². The quantitative estimate of drug-likeness (QED) is 0.833. The van der Waals surface area contributed by atoms with E-state index in [4.69, 9.17) is 10.2 Å². The zero-order valence-corrected chi connectivity index (χ0v) is 12.4. The summed E-state index contributed by atoms with van der Waals surface area (Å²) in [5.41, 5.74) is 5.84. The minimum Gasteiger partial charge on any atom is -0.452 e. The average molecular weight is 309 g/mol. The zero-order chi connectivity index (χ0) is 13.1. The molecule has 3 N–H and O–H groups in total. The van der Waals surface area contributed by atoms with Crippen LogP contribution in [0, 0.1) is 0 Å². The van der Waals surface area contributed by atoms with Crippen LogP contribution >= 0.6 is 12.4 Å². The van der Waals surface area contributed by atoms with E-state index in [0.717, 1.165) is 25.7 Å². The van der Waals surface area contributed by atoms with Gasteiger partial charge in [0.25, 0.3) is 10.0 Å². The largest absolute Gasteiger partial charge is 0.452 e. The number of nitrogens with one attached hydrogen (secondary N) is 1. The van der Waals surface area contributed by atoms with Crippen molar-refractivity contribution in [3.8, 4) is 0 Å². The zero-order valence-electron chi connectivity index (χ0n) is 10.8. The van der Waals surface area contributed by atoms with Gasteiger partial charge in [0.1, 0.15) is 0 Å². The lowest BCUT2D eigenvalue weighted by Gasteiger charge is -2.27. The van der Waals surface area contributed by atoms with Crippen molar-refractivity contribution >= 4 is 22.4 Å². The molecule has 0 spiro atoms. The summed E-state index contributed by atoms with van der Waals surface area (Å²) >= 11 is 0. The van der Waals surface area contributed by atoms with Crippen LogP contribution in [0.15, 0.2) is 27.9 Å². The first kappa shape index (κ1) is 16.5. The van der Waals surface area contributed by atoms with Gasteiger partial charge in [-0.25, -0.2) is 13.1 Å². The molecule has 19 heavy (non-hydrogen) atoms. The highest BCUT2D eigenvalue weighted by Crippen LogP contribution is 2.24. The molecule has 0 saturated heterocycles. The van der Waals surface area contributed by atoms with Crippen molar-refractivity contribution < 1.29 is 12.8 Å². The first-order chi connectivity index (χ1) is 8.52. The Hall–Kier alpha value is -0.560. The number of furan rings is 1. The first-order valence-corrected chi connectivity index (χ1v) is 7.82. The number of hydrogen-bond acceptors (Lipinski definition) is 4. The maximum absolute atomic E-state index is 11.9. The van der Waals surface area contributed by atoms with E-state index in [2.05, 4.69) is 4.72 Å². The van der Waals surface area contributed by atoms with Gasteiger partial charge >= 0.3 is 0 Å². The van der Waals surface area contributed by atoms with E-state index in [9.17, 15) is 8.42 Å². The van der Waals surface area contributed by atoms with Crippen LogP contribution in [0.25, 0.3) is 0 Å². The molecule has 1 fully saturated rings. The summed E-state index contributed by atoms with van der Waals surface area (Å²) in [6.07, 6.45) is 7.59. The normalized spacial score (nSPS) is 19.4. The van der Waals surface area contributed by atoms with Crippen LogP contribution in [0.3, 0.4) is 0 Å². The average Bonchev–Trinajstić information content (AvgIpc) is 2.79. The molecule has 0 aliphatic heterocycles. The summed E-state index contributed by atoms with van der Waals surface area (Å²) in [5, 5.41) is -0.0558. The van der Waals surface area contributed by atoms with E-state index in [1.165, 1.54) is 25.2 Å². The lowest BCUT2D eigenvalue weighted by molar-refractivity contribution is 0.365. The third-order valence-corrected chi connectivity index (χ3v) is 4.76. The van der Waals surface area contributed by atoms with E-state index in [0.29, 0.717) is 0 Å². The second-order valence-corrected chi connectivity index (χ2v) is 6.73. The first-order valence-electron chi connectivity index (χ1n) is 6.34.